The van der Waals surface area contributed by atoms with Crippen molar-refractivity contribution >= 4 is 40.8 Å². The Morgan fingerprint density at radius 1 is 1.23 bits per heavy atom. The molecule has 0 aliphatic heterocycles. The number of carbonyl (C=O) groups excluding carboxylic acids is 2. The molecule has 0 saturated carbocycles. The highest BCUT2D eigenvalue weighted by atomic mass is 35.5. The molecule has 1 amide bonds. The number of nitrogens with one attached hydrogen (secondary N) is 1. The molecule has 138 valence electrons. The number of pyridine rings is 1. The number of nitrogens with zero attached hydrogens (tertiary/aromatic N) is 1. The van der Waals surface area contributed by atoms with E-state index in [1.807, 2.05) is 0 Å². The minimum absolute atomic E-state index is 0.00134. The number of carbonyl (C=O) groups is 2. The normalized spacial score (nSPS) is 12.4. The number of esters is 1. The zero-order chi connectivity index (χ0) is 19.5. The zero-order valence-electron chi connectivity index (χ0n) is 13.1. The smallest absolute Gasteiger partial charge is 0.416 e. The van der Waals surface area contributed by atoms with Crippen molar-refractivity contribution in [2.75, 3.05) is 5.32 Å². The van der Waals surface area contributed by atoms with Crippen LogP contribution in [0.4, 0.5) is 18.9 Å². The van der Waals surface area contributed by atoms with Gasteiger partial charge in [0.25, 0.3) is 5.91 Å². The molecule has 2 rings (SSSR count). The van der Waals surface area contributed by atoms with Crippen LogP contribution in [0, 0.1) is 0 Å². The molecule has 0 spiro atoms. The van der Waals surface area contributed by atoms with Crippen molar-refractivity contribution in [2.24, 2.45) is 0 Å². The summed E-state index contributed by atoms with van der Waals surface area (Å²) in [6.07, 6.45) is -4.69. The van der Waals surface area contributed by atoms with Crippen molar-refractivity contribution in [3.63, 3.8) is 0 Å². The van der Waals surface area contributed by atoms with Crippen molar-refractivity contribution in [3.05, 3.63) is 57.8 Å². The van der Waals surface area contributed by atoms with Crippen LogP contribution in [0.15, 0.2) is 36.5 Å². The largest absolute Gasteiger partial charge is 0.449 e. The molecule has 1 N–H and O–H groups in total. The molecule has 2 aromatic rings. The predicted molar refractivity (Wildman–Crippen MR) is 89.2 cm³/mol. The van der Waals surface area contributed by atoms with Crippen LogP contribution in [0.3, 0.4) is 0 Å². The summed E-state index contributed by atoms with van der Waals surface area (Å²) in [5, 5.41) is 2.28. The lowest BCUT2D eigenvalue weighted by Crippen LogP contribution is -2.30. The van der Waals surface area contributed by atoms with E-state index >= 15 is 0 Å². The molecule has 1 aromatic heterocycles. The van der Waals surface area contributed by atoms with Gasteiger partial charge in [0.05, 0.1) is 16.1 Å². The van der Waals surface area contributed by atoms with Gasteiger partial charge in [0.1, 0.15) is 5.15 Å². The lowest BCUT2D eigenvalue weighted by molar-refractivity contribution is -0.137. The molecule has 10 heteroatoms. The third-order valence-corrected chi connectivity index (χ3v) is 3.83. The number of amides is 1. The number of aromatic nitrogens is 1. The summed E-state index contributed by atoms with van der Waals surface area (Å²) in [5.74, 6) is -1.69. The number of halogens is 5. The van der Waals surface area contributed by atoms with Crippen molar-refractivity contribution < 1.29 is 27.5 Å². The van der Waals surface area contributed by atoms with Crippen LogP contribution >= 0.6 is 23.2 Å². The maximum atomic E-state index is 12.7. The summed E-state index contributed by atoms with van der Waals surface area (Å²) in [5.41, 5.74) is -1.02. The highest BCUT2D eigenvalue weighted by Crippen LogP contribution is 2.30. The molecule has 5 nitrogen and oxygen atoms in total. The molecule has 1 atom stereocenters. The molecule has 0 bridgehead atoms. The molecule has 0 aliphatic carbocycles. The second-order valence-corrected chi connectivity index (χ2v) is 5.88. The zero-order valence-corrected chi connectivity index (χ0v) is 14.6. The monoisotopic (exact) mass is 406 g/mol. The number of hydrogen-bond donors (Lipinski definition) is 1. The van der Waals surface area contributed by atoms with E-state index in [9.17, 15) is 22.8 Å². The minimum Gasteiger partial charge on any atom is -0.449 e. The summed E-state index contributed by atoms with van der Waals surface area (Å²) in [7, 11) is 0. The molecular weight excluding hydrogens is 396 g/mol. The van der Waals surface area contributed by atoms with E-state index in [1.54, 1.807) is 0 Å². The first-order chi connectivity index (χ1) is 12.1. The fourth-order valence-corrected chi connectivity index (χ4v) is 2.10. The molecule has 1 unspecified atom stereocenters. The number of hydrogen-bond acceptors (Lipinski definition) is 4. The number of anilines is 1. The second kappa shape index (κ2) is 7.92. The Kier molecular flexibility index (Phi) is 6.09. The second-order valence-electron chi connectivity index (χ2n) is 5.11. The van der Waals surface area contributed by atoms with Gasteiger partial charge in [-0.1, -0.05) is 29.3 Å². The van der Waals surface area contributed by atoms with E-state index in [4.69, 9.17) is 27.9 Å². The van der Waals surface area contributed by atoms with Crippen LogP contribution in [0.5, 0.6) is 0 Å². The van der Waals surface area contributed by atoms with Crippen LogP contribution < -0.4 is 5.32 Å². The SMILES string of the molecule is CC(OC(=O)c1cnc(Cl)c(Cl)c1)C(=O)Nc1cccc(C(F)(F)F)c1. The lowest BCUT2D eigenvalue weighted by Gasteiger charge is -2.14. The first-order valence-electron chi connectivity index (χ1n) is 7.08. The minimum atomic E-state index is -4.54. The Morgan fingerprint density at radius 3 is 2.54 bits per heavy atom. The third kappa shape index (κ3) is 5.09. The summed E-state index contributed by atoms with van der Waals surface area (Å²) >= 11 is 11.4. The van der Waals surface area contributed by atoms with E-state index in [-0.39, 0.29) is 21.4 Å². The maximum absolute atomic E-state index is 12.7. The fraction of sp³-hybridized carbons (Fsp3) is 0.188. The summed E-state index contributed by atoms with van der Waals surface area (Å²) in [6, 6.07) is 5.30. The standard InChI is InChI=1S/C16H11Cl2F3N2O3/c1-8(26-15(25)9-5-12(17)13(18)22-7-9)14(24)23-11-4-2-3-10(6-11)16(19,20)21/h2-8H,1H3,(H,23,24). The molecule has 0 radical (unpaired) electrons. The van der Waals surface area contributed by atoms with E-state index in [2.05, 4.69) is 10.3 Å². The van der Waals surface area contributed by atoms with Crippen LogP contribution in [-0.2, 0) is 15.7 Å². The maximum Gasteiger partial charge on any atom is 0.416 e. The van der Waals surface area contributed by atoms with Crippen molar-refractivity contribution in [3.8, 4) is 0 Å². The number of benzene rings is 1. The topological polar surface area (TPSA) is 68.3 Å². The molecule has 0 fully saturated rings. The molecule has 26 heavy (non-hydrogen) atoms. The number of ether oxygens (including phenoxy) is 1. The Labute approximate surface area is 156 Å². The highest BCUT2D eigenvalue weighted by Gasteiger charge is 2.30. The quantitative estimate of drug-likeness (QED) is 0.595. The van der Waals surface area contributed by atoms with Crippen LogP contribution in [0.25, 0.3) is 0 Å². The van der Waals surface area contributed by atoms with Crippen molar-refractivity contribution in [2.45, 2.75) is 19.2 Å². The molecule has 0 saturated heterocycles. The van der Waals surface area contributed by atoms with Crippen molar-refractivity contribution in [1.82, 2.24) is 4.98 Å². The molecule has 1 heterocycles. The number of alkyl halides is 3. The first kappa shape index (κ1) is 20.0. The fourth-order valence-electron chi connectivity index (χ4n) is 1.83. The van der Waals surface area contributed by atoms with Gasteiger partial charge >= 0.3 is 12.1 Å². The van der Waals surface area contributed by atoms with E-state index in [0.29, 0.717) is 0 Å². The lowest BCUT2D eigenvalue weighted by atomic mass is 10.2. The number of rotatable bonds is 4. The average molecular weight is 407 g/mol. The highest BCUT2D eigenvalue weighted by molar-refractivity contribution is 6.41. The van der Waals surface area contributed by atoms with Gasteiger partial charge in [0.2, 0.25) is 0 Å². The van der Waals surface area contributed by atoms with Crippen LogP contribution in [0.2, 0.25) is 10.2 Å². The Bertz CT molecular complexity index is 844. The summed E-state index contributed by atoms with van der Waals surface area (Å²) < 4.78 is 43.0. The first-order valence-corrected chi connectivity index (χ1v) is 7.83. The molecular formula is C16H11Cl2F3N2O3. The summed E-state index contributed by atoms with van der Waals surface area (Å²) in [4.78, 5) is 27.7. The Hall–Kier alpha value is -2.32. The van der Waals surface area contributed by atoms with E-state index < -0.39 is 29.7 Å². The van der Waals surface area contributed by atoms with Crippen molar-refractivity contribution in [1.29, 1.82) is 0 Å². The average Bonchev–Trinajstić information content (AvgIpc) is 2.56. The molecule has 1 aromatic carbocycles. The van der Waals surface area contributed by atoms with Gasteiger partial charge in [-0.3, -0.25) is 4.79 Å². The van der Waals surface area contributed by atoms with Gasteiger partial charge in [-0.05, 0) is 31.2 Å². The Balaban J connectivity index is 2.03. The van der Waals surface area contributed by atoms with Gasteiger partial charge in [-0.25, -0.2) is 9.78 Å². The predicted octanol–water partition coefficient (Wildman–Crippen LogP) is 4.59. The van der Waals surface area contributed by atoms with Crippen LogP contribution in [0.1, 0.15) is 22.8 Å². The third-order valence-electron chi connectivity index (χ3n) is 3.14. The van der Waals surface area contributed by atoms with Gasteiger partial charge in [0.15, 0.2) is 6.10 Å². The van der Waals surface area contributed by atoms with Gasteiger partial charge in [-0.15, -0.1) is 0 Å². The molecule has 0 aliphatic rings. The van der Waals surface area contributed by atoms with E-state index in [1.165, 1.54) is 19.1 Å². The van der Waals surface area contributed by atoms with Gasteiger partial charge < -0.3 is 10.1 Å². The van der Waals surface area contributed by atoms with Crippen LogP contribution in [-0.4, -0.2) is 23.0 Å². The Morgan fingerprint density at radius 2 is 1.92 bits per heavy atom. The van der Waals surface area contributed by atoms with Gasteiger partial charge in [0, 0.05) is 11.9 Å². The van der Waals surface area contributed by atoms with E-state index in [0.717, 1.165) is 24.4 Å². The van der Waals surface area contributed by atoms with Gasteiger partial charge in [-0.2, -0.15) is 13.2 Å². The summed E-state index contributed by atoms with van der Waals surface area (Å²) in [6.45, 7) is 1.27.